The predicted octanol–water partition coefficient (Wildman–Crippen LogP) is 2.79. The Morgan fingerprint density at radius 2 is 1.66 bits per heavy atom. The highest BCUT2D eigenvalue weighted by molar-refractivity contribution is 6.02. The van der Waals surface area contributed by atoms with Crippen LogP contribution in [-0.2, 0) is 19.1 Å². The summed E-state index contributed by atoms with van der Waals surface area (Å²) in [5.74, 6) is -1.33. The summed E-state index contributed by atoms with van der Waals surface area (Å²) in [6.07, 6.45) is -0.105. The first-order valence-corrected chi connectivity index (χ1v) is 10.1. The topological polar surface area (TPSA) is 111 Å². The highest BCUT2D eigenvalue weighted by Crippen LogP contribution is 2.34. The van der Waals surface area contributed by atoms with E-state index in [1.54, 1.807) is 18.2 Å². The number of carbonyl (C=O) groups is 4. The lowest BCUT2D eigenvalue weighted by molar-refractivity contribution is -0.126. The second kappa shape index (κ2) is 9.95. The van der Waals surface area contributed by atoms with Crippen molar-refractivity contribution in [2.24, 2.45) is 0 Å². The van der Waals surface area contributed by atoms with Gasteiger partial charge in [0.25, 0.3) is 5.91 Å². The number of para-hydroxylation sites is 2. The summed E-state index contributed by atoms with van der Waals surface area (Å²) in [7, 11) is 2.43. The fourth-order valence-corrected chi connectivity index (χ4v) is 3.37. The minimum absolute atomic E-state index is 0.00742. The number of hydrogen-bond donors (Lipinski definition) is 1. The van der Waals surface area contributed by atoms with E-state index in [2.05, 4.69) is 5.32 Å². The van der Waals surface area contributed by atoms with Crippen LogP contribution in [0.4, 0.5) is 11.4 Å². The second-order valence-electron chi connectivity index (χ2n) is 7.05. The number of rotatable bonds is 7. The Hall–Kier alpha value is -3.88. The van der Waals surface area contributed by atoms with Crippen LogP contribution in [0.25, 0.3) is 0 Å². The molecular weight excluding hydrogens is 416 g/mol. The van der Waals surface area contributed by atoms with Crippen molar-refractivity contribution in [1.82, 2.24) is 0 Å². The number of benzene rings is 2. The second-order valence-corrected chi connectivity index (χ2v) is 7.05. The Balaban J connectivity index is 1.75. The van der Waals surface area contributed by atoms with Gasteiger partial charge >= 0.3 is 11.9 Å². The molecule has 9 nitrogen and oxygen atoms in total. The Morgan fingerprint density at radius 3 is 2.25 bits per heavy atom. The van der Waals surface area contributed by atoms with Gasteiger partial charge in [-0.15, -0.1) is 0 Å². The van der Waals surface area contributed by atoms with Gasteiger partial charge in [-0.2, -0.15) is 0 Å². The average Bonchev–Trinajstić information content (AvgIpc) is 2.81. The number of amides is 2. The number of nitrogens with one attached hydrogen (secondary N) is 1. The lowest BCUT2D eigenvalue weighted by atomic mass is 10.1. The van der Waals surface area contributed by atoms with E-state index in [9.17, 15) is 19.2 Å². The van der Waals surface area contributed by atoms with E-state index in [1.807, 2.05) is 13.0 Å². The Kier molecular flexibility index (Phi) is 7.09. The zero-order valence-electron chi connectivity index (χ0n) is 18.0. The van der Waals surface area contributed by atoms with E-state index in [1.165, 1.54) is 37.3 Å². The van der Waals surface area contributed by atoms with Crippen LogP contribution in [-0.4, -0.2) is 50.6 Å². The number of ether oxygens (including phenoxy) is 3. The summed E-state index contributed by atoms with van der Waals surface area (Å²) in [5, 5.41) is 2.66. The van der Waals surface area contributed by atoms with Crippen LogP contribution in [0.1, 0.15) is 40.5 Å². The molecule has 2 amide bonds. The number of methoxy groups -OCH3 is 2. The van der Waals surface area contributed by atoms with E-state index >= 15 is 0 Å². The van der Waals surface area contributed by atoms with Crippen LogP contribution < -0.4 is 15.0 Å². The monoisotopic (exact) mass is 440 g/mol. The lowest BCUT2D eigenvalue weighted by Crippen LogP contribution is -2.46. The SMILES string of the molecule is CCC1Oc2ccccc2N(CCC(=O)Nc2cc(C(=O)OC)cc(C(=O)OC)c2)C1=O. The standard InChI is InChI=1S/C23H24N2O7/c1-4-18-21(27)25(17-7-5-6-8-19(17)32-18)10-9-20(26)24-16-12-14(22(28)30-2)11-15(13-16)23(29)31-3/h5-8,11-13,18H,4,9-10H2,1-3H3,(H,24,26). The average molecular weight is 440 g/mol. The van der Waals surface area contributed by atoms with Gasteiger partial charge in [-0.1, -0.05) is 19.1 Å². The number of fused-ring (bicyclic) bond motifs is 1. The van der Waals surface area contributed by atoms with Crippen LogP contribution in [0.3, 0.4) is 0 Å². The zero-order chi connectivity index (χ0) is 23.3. The first-order chi connectivity index (χ1) is 15.4. The minimum Gasteiger partial charge on any atom is -0.478 e. The molecule has 1 atom stereocenters. The molecule has 1 N–H and O–H groups in total. The quantitative estimate of drug-likeness (QED) is 0.659. The first kappa shape index (κ1) is 22.8. The van der Waals surface area contributed by atoms with Crippen molar-refractivity contribution in [3.05, 3.63) is 53.6 Å². The molecule has 0 fully saturated rings. The zero-order valence-corrected chi connectivity index (χ0v) is 18.0. The summed E-state index contributed by atoms with van der Waals surface area (Å²) in [6, 6.07) is 11.3. The van der Waals surface area contributed by atoms with E-state index in [-0.39, 0.29) is 35.7 Å². The van der Waals surface area contributed by atoms with Crippen molar-refractivity contribution in [1.29, 1.82) is 0 Å². The molecule has 0 spiro atoms. The molecule has 0 saturated carbocycles. The van der Waals surface area contributed by atoms with Crippen LogP contribution in [0.15, 0.2) is 42.5 Å². The summed E-state index contributed by atoms with van der Waals surface area (Å²) in [5.41, 5.74) is 1.02. The minimum atomic E-state index is -0.660. The molecule has 32 heavy (non-hydrogen) atoms. The third-order valence-electron chi connectivity index (χ3n) is 4.96. The van der Waals surface area contributed by atoms with Crippen LogP contribution in [0, 0.1) is 0 Å². The van der Waals surface area contributed by atoms with E-state index in [4.69, 9.17) is 14.2 Å². The van der Waals surface area contributed by atoms with Crippen molar-refractivity contribution >= 4 is 35.1 Å². The Labute approximate surface area is 185 Å². The molecule has 168 valence electrons. The predicted molar refractivity (Wildman–Crippen MR) is 116 cm³/mol. The molecule has 1 unspecified atom stereocenters. The molecule has 0 radical (unpaired) electrons. The van der Waals surface area contributed by atoms with Gasteiger partial charge in [-0.05, 0) is 36.8 Å². The summed E-state index contributed by atoms with van der Waals surface area (Å²) >= 11 is 0. The molecular formula is C23H24N2O7. The van der Waals surface area contributed by atoms with Crippen LogP contribution in [0.5, 0.6) is 5.75 Å². The highest BCUT2D eigenvalue weighted by Gasteiger charge is 2.33. The van der Waals surface area contributed by atoms with Crippen molar-refractivity contribution in [2.45, 2.75) is 25.9 Å². The van der Waals surface area contributed by atoms with Gasteiger partial charge in [0.1, 0.15) is 5.75 Å². The largest absolute Gasteiger partial charge is 0.478 e. The molecule has 2 aromatic carbocycles. The third kappa shape index (κ3) is 4.88. The molecule has 1 aliphatic heterocycles. The maximum atomic E-state index is 12.8. The molecule has 0 bridgehead atoms. The van der Waals surface area contributed by atoms with Crippen molar-refractivity contribution in [3.63, 3.8) is 0 Å². The molecule has 1 aliphatic rings. The number of carbonyl (C=O) groups excluding carboxylic acids is 4. The molecule has 9 heteroatoms. The fourth-order valence-electron chi connectivity index (χ4n) is 3.37. The number of esters is 2. The first-order valence-electron chi connectivity index (χ1n) is 10.1. The van der Waals surface area contributed by atoms with E-state index in [0.717, 1.165) is 0 Å². The van der Waals surface area contributed by atoms with Crippen LogP contribution in [0.2, 0.25) is 0 Å². The van der Waals surface area contributed by atoms with Gasteiger partial charge in [0, 0.05) is 18.7 Å². The maximum absolute atomic E-state index is 12.8. The fraction of sp³-hybridized carbons (Fsp3) is 0.304. The van der Waals surface area contributed by atoms with Crippen molar-refractivity contribution in [3.8, 4) is 5.75 Å². The van der Waals surface area contributed by atoms with Crippen LogP contribution >= 0.6 is 0 Å². The van der Waals surface area contributed by atoms with Crippen molar-refractivity contribution < 1.29 is 33.4 Å². The van der Waals surface area contributed by atoms with Gasteiger partial charge in [0.05, 0.1) is 31.0 Å². The van der Waals surface area contributed by atoms with Gasteiger partial charge in [-0.3, -0.25) is 9.59 Å². The molecule has 1 heterocycles. The summed E-state index contributed by atoms with van der Waals surface area (Å²) in [6.45, 7) is 2.00. The molecule has 3 rings (SSSR count). The van der Waals surface area contributed by atoms with Gasteiger partial charge in [0.15, 0.2) is 6.10 Å². The molecule has 0 saturated heterocycles. The molecule has 0 aliphatic carbocycles. The van der Waals surface area contributed by atoms with Gasteiger partial charge < -0.3 is 24.4 Å². The Bertz CT molecular complexity index is 1020. The molecule has 2 aromatic rings. The Morgan fingerprint density at radius 1 is 1.03 bits per heavy atom. The van der Waals surface area contributed by atoms with E-state index < -0.39 is 23.9 Å². The van der Waals surface area contributed by atoms with Gasteiger partial charge in [-0.25, -0.2) is 9.59 Å². The number of nitrogens with zero attached hydrogens (tertiary/aromatic N) is 1. The third-order valence-corrected chi connectivity index (χ3v) is 4.96. The summed E-state index contributed by atoms with van der Waals surface area (Å²) in [4.78, 5) is 50.7. The molecule has 0 aromatic heterocycles. The summed E-state index contributed by atoms with van der Waals surface area (Å²) < 4.78 is 15.1. The normalized spacial score (nSPS) is 14.8. The lowest BCUT2D eigenvalue weighted by Gasteiger charge is -2.33. The smallest absolute Gasteiger partial charge is 0.337 e. The van der Waals surface area contributed by atoms with Gasteiger partial charge in [0.2, 0.25) is 5.91 Å². The number of anilines is 2. The highest BCUT2D eigenvalue weighted by atomic mass is 16.5. The van der Waals surface area contributed by atoms with E-state index in [0.29, 0.717) is 17.9 Å². The van der Waals surface area contributed by atoms with Crippen molar-refractivity contribution in [2.75, 3.05) is 31.0 Å². The maximum Gasteiger partial charge on any atom is 0.337 e. The number of hydrogen-bond acceptors (Lipinski definition) is 7.